The van der Waals surface area contributed by atoms with Crippen molar-refractivity contribution in [3.8, 4) is 23.1 Å². The standard InChI is InChI=1S/C22H20N6O/c1-2-5-19-18(20(29)28-22(25-19)26-21(24)27-28)12-14-8-10-15(11-9-14)17-7-4-3-6-16(17)13-23/h3-4,6-11,29H,2,5,12H2,1H3,(H2,24,27). The highest BCUT2D eigenvalue weighted by Crippen LogP contribution is 2.28. The predicted octanol–water partition coefficient (Wildman–Crippen LogP) is 3.49. The van der Waals surface area contributed by atoms with E-state index in [1.807, 2.05) is 48.5 Å². The molecule has 0 aliphatic carbocycles. The van der Waals surface area contributed by atoms with Crippen molar-refractivity contribution in [1.82, 2.24) is 19.6 Å². The van der Waals surface area contributed by atoms with Crippen LogP contribution < -0.4 is 5.73 Å². The van der Waals surface area contributed by atoms with Crippen molar-refractivity contribution in [2.24, 2.45) is 0 Å². The summed E-state index contributed by atoms with van der Waals surface area (Å²) in [5.41, 5.74) is 10.7. The van der Waals surface area contributed by atoms with Crippen molar-refractivity contribution in [2.75, 3.05) is 5.73 Å². The Kier molecular flexibility index (Phi) is 4.83. The summed E-state index contributed by atoms with van der Waals surface area (Å²) >= 11 is 0. The molecule has 2 aromatic heterocycles. The third-order valence-corrected chi connectivity index (χ3v) is 4.84. The second-order valence-corrected chi connectivity index (χ2v) is 6.82. The molecule has 4 aromatic rings. The maximum atomic E-state index is 10.8. The number of nitrogens with two attached hydrogens (primary N) is 1. The van der Waals surface area contributed by atoms with Crippen LogP contribution in [0.4, 0.5) is 5.95 Å². The molecule has 0 atom stereocenters. The number of anilines is 1. The van der Waals surface area contributed by atoms with Gasteiger partial charge < -0.3 is 10.8 Å². The SMILES string of the molecule is CCCc1nc2nc(N)nn2c(O)c1Cc1ccc(-c2ccccc2C#N)cc1. The van der Waals surface area contributed by atoms with Gasteiger partial charge in [0.05, 0.1) is 17.3 Å². The van der Waals surface area contributed by atoms with Gasteiger partial charge in [-0.15, -0.1) is 5.10 Å². The minimum atomic E-state index is 0.0153. The molecule has 0 aliphatic rings. The van der Waals surface area contributed by atoms with Gasteiger partial charge in [0.25, 0.3) is 5.78 Å². The second-order valence-electron chi connectivity index (χ2n) is 6.82. The first-order chi connectivity index (χ1) is 14.1. The quantitative estimate of drug-likeness (QED) is 0.544. The number of fused-ring (bicyclic) bond motifs is 1. The van der Waals surface area contributed by atoms with Gasteiger partial charge in [-0.25, -0.2) is 4.98 Å². The first kappa shape index (κ1) is 18.4. The highest BCUT2D eigenvalue weighted by atomic mass is 16.3. The van der Waals surface area contributed by atoms with E-state index < -0.39 is 0 Å². The van der Waals surface area contributed by atoms with Gasteiger partial charge in [-0.1, -0.05) is 55.8 Å². The number of aryl methyl sites for hydroxylation is 1. The summed E-state index contributed by atoms with van der Waals surface area (Å²) < 4.78 is 1.28. The molecule has 2 heterocycles. The molecule has 7 nitrogen and oxygen atoms in total. The van der Waals surface area contributed by atoms with Crippen molar-refractivity contribution in [3.05, 3.63) is 70.9 Å². The summed E-state index contributed by atoms with van der Waals surface area (Å²) in [5, 5.41) is 24.1. The van der Waals surface area contributed by atoms with Crippen LogP contribution in [0.25, 0.3) is 16.9 Å². The highest BCUT2D eigenvalue weighted by molar-refractivity contribution is 5.70. The Labute approximate surface area is 168 Å². The fraction of sp³-hybridized carbons (Fsp3) is 0.182. The molecule has 0 fully saturated rings. The zero-order chi connectivity index (χ0) is 20.4. The number of nitrogen functional groups attached to an aromatic ring is 1. The molecular weight excluding hydrogens is 364 g/mol. The molecule has 3 N–H and O–H groups in total. The van der Waals surface area contributed by atoms with Crippen molar-refractivity contribution in [1.29, 1.82) is 5.26 Å². The lowest BCUT2D eigenvalue weighted by Crippen LogP contribution is -2.05. The molecule has 0 saturated heterocycles. The van der Waals surface area contributed by atoms with Crippen molar-refractivity contribution in [2.45, 2.75) is 26.2 Å². The molecule has 0 aliphatic heterocycles. The van der Waals surface area contributed by atoms with Gasteiger partial charge in [-0.05, 0) is 29.2 Å². The molecule has 4 rings (SSSR count). The van der Waals surface area contributed by atoms with Crippen LogP contribution in [0.5, 0.6) is 5.88 Å². The summed E-state index contributed by atoms with van der Waals surface area (Å²) in [6.45, 7) is 2.06. The number of rotatable bonds is 5. The molecular formula is C22H20N6O. The summed E-state index contributed by atoms with van der Waals surface area (Å²) in [7, 11) is 0. The lowest BCUT2D eigenvalue weighted by atomic mass is 9.97. The van der Waals surface area contributed by atoms with Crippen LogP contribution >= 0.6 is 0 Å². The first-order valence-corrected chi connectivity index (χ1v) is 9.42. The number of hydrogen-bond donors (Lipinski definition) is 2. The fourth-order valence-electron chi connectivity index (χ4n) is 3.44. The van der Waals surface area contributed by atoms with Crippen LogP contribution in [-0.4, -0.2) is 24.7 Å². The molecule has 0 radical (unpaired) electrons. The monoisotopic (exact) mass is 384 g/mol. The minimum absolute atomic E-state index is 0.0153. The number of aromatic nitrogens is 4. The zero-order valence-corrected chi connectivity index (χ0v) is 16.0. The van der Waals surface area contributed by atoms with Crippen LogP contribution in [0.2, 0.25) is 0 Å². The molecule has 0 saturated carbocycles. The molecule has 0 unspecified atom stereocenters. The van der Waals surface area contributed by atoms with Crippen LogP contribution in [0.15, 0.2) is 48.5 Å². The Hall–Kier alpha value is -3.92. The van der Waals surface area contributed by atoms with E-state index in [2.05, 4.69) is 28.1 Å². The molecule has 29 heavy (non-hydrogen) atoms. The summed E-state index contributed by atoms with van der Waals surface area (Å²) in [6, 6.07) is 17.7. The first-order valence-electron chi connectivity index (χ1n) is 9.42. The minimum Gasteiger partial charge on any atom is -0.493 e. The number of hydrogen-bond acceptors (Lipinski definition) is 6. The van der Waals surface area contributed by atoms with Crippen molar-refractivity contribution >= 4 is 11.7 Å². The molecule has 0 bridgehead atoms. The third kappa shape index (κ3) is 3.48. The molecule has 144 valence electrons. The molecule has 2 aromatic carbocycles. The van der Waals surface area contributed by atoms with E-state index in [1.165, 1.54) is 4.52 Å². The molecule has 7 heteroatoms. The van der Waals surface area contributed by atoms with Gasteiger partial charge in [0.15, 0.2) is 0 Å². The lowest BCUT2D eigenvalue weighted by molar-refractivity contribution is 0.427. The van der Waals surface area contributed by atoms with Gasteiger partial charge in [0.2, 0.25) is 11.8 Å². The van der Waals surface area contributed by atoms with Crippen LogP contribution in [0.1, 0.15) is 35.7 Å². The Bertz CT molecular complexity index is 1220. The van der Waals surface area contributed by atoms with E-state index in [9.17, 15) is 10.4 Å². The Morgan fingerprint density at radius 3 is 2.59 bits per heavy atom. The fourth-order valence-corrected chi connectivity index (χ4v) is 3.44. The average molecular weight is 384 g/mol. The van der Waals surface area contributed by atoms with E-state index in [0.717, 1.165) is 40.8 Å². The van der Waals surface area contributed by atoms with Gasteiger partial charge in [-0.2, -0.15) is 14.8 Å². The van der Waals surface area contributed by atoms with E-state index >= 15 is 0 Å². The molecule has 0 amide bonds. The lowest BCUT2D eigenvalue weighted by Gasteiger charge is -2.12. The number of nitriles is 1. The summed E-state index contributed by atoms with van der Waals surface area (Å²) in [5.74, 6) is 0.394. The third-order valence-electron chi connectivity index (χ3n) is 4.84. The van der Waals surface area contributed by atoms with Gasteiger partial charge in [0.1, 0.15) is 0 Å². The number of benzene rings is 2. The van der Waals surface area contributed by atoms with Crippen molar-refractivity contribution in [3.63, 3.8) is 0 Å². The van der Waals surface area contributed by atoms with Gasteiger partial charge >= 0.3 is 0 Å². The average Bonchev–Trinajstić information content (AvgIpc) is 3.12. The second kappa shape index (κ2) is 7.60. The normalized spacial score (nSPS) is 10.9. The van der Waals surface area contributed by atoms with Crippen molar-refractivity contribution < 1.29 is 5.11 Å². The zero-order valence-electron chi connectivity index (χ0n) is 16.0. The largest absolute Gasteiger partial charge is 0.493 e. The Balaban J connectivity index is 1.71. The Morgan fingerprint density at radius 2 is 1.86 bits per heavy atom. The summed E-state index contributed by atoms with van der Waals surface area (Å²) in [4.78, 5) is 8.60. The van der Waals surface area contributed by atoms with E-state index in [1.54, 1.807) is 0 Å². The van der Waals surface area contributed by atoms with Crippen LogP contribution in [-0.2, 0) is 12.8 Å². The van der Waals surface area contributed by atoms with E-state index in [0.29, 0.717) is 17.8 Å². The topological polar surface area (TPSA) is 113 Å². The number of aromatic hydroxyl groups is 1. The van der Waals surface area contributed by atoms with Crippen LogP contribution in [0.3, 0.4) is 0 Å². The molecule has 0 spiro atoms. The van der Waals surface area contributed by atoms with Gasteiger partial charge in [-0.3, -0.25) is 0 Å². The van der Waals surface area contributed by atoms with E-state index in [4.69, 9.17) is 5.73 Å². The number of nitrogens with zero attached hydrogens (tertiary/aromatic N) is 5. The smallest absolute Gasteiger partial charge is 0.257 e. The Morgan fingerprint density at radius 1 is 1.10 bits per heavy atom. The predicted molar refractivity (Wildman–Crippen MR) is 110 cm³/mol. The maximum absolute atomic E-state index is 10.8. The maximum Gasteiger partial charge on any atom is 0.257 e. The highest BCUT2D eigenvalue weighted by Gasteiger charge is 2.17. The van der Waals surface area contributed by atoms with Gasteiger partial charge in [0, 0.05) is 12.0 Å². The summed E-state index contributed by atoms with van der Waals surface area (Å²) in [6.07, 6.45) is 2.12. The van der Waals surface area contributed by atoms with Crippen LogP contribution in [0, 0.1) is 11.3 Å². The van der Waals surface area contributed by atoms with E-state index in [-0.39, 0.29) is 11.8 Å².